The summed E-state index contributed by atoms with van der Waals surface area (Å²) in [5.74, 6) is 0. The summed E-state index contributed by atoms with van der Waals surface area (Å²) >= 11 is 12.3. The molecule has 2 aromatic rings. The SMILES string of the molecule is Cc1cc(N)cc(Nc2cc(Cl)c(C)cc2Cl)c1. The lowest BCUT2D eigenvalue weighted by molar-refractivity contribution is 1.43. The Labute approximate surface area is 117 Å². The smallest absolute Gasteiger partial charge is 0.0644 e. The van der Waals surface area contributed by atoms with Crippen LogP contribution in [0.2, 0.25) is 10.0 Å². The molecular weight excluding hydrogens is 267 g/mol. The van der Waals surface area contributed by atoms with Crippen molar-refractivity contribution in [2.45, 2.75) is 13.8 Å². The van der Waals surface area contributed by atoms with Crippen molar-refractivity contribution in [3.05, 3.63) is 51.5 Å². The van der Waals surface area contributed by atoms with Crippen molar-refractivity contribution in [2.24, 2.45) is 0 Å². The lowest BCUT2D eigenvalue weighted by atomic mass is 10.1. The van der Waals surface area contributed by atoms with Crippen LogP contribution in [0, 0.1) is 13.8 Å². The molecule has 0 saturated heterocycles. The molecule has 0 aliphatic heterocycles. The van der Waals surface area contributed by atoms with Crippen LogP contribution in [-0.4, -0.2) is 0 Å². The lowest BCUT2D eigenvalue weighted by Gasteiger charge is -2.11. The standard InChI is InChI=1S/C14H14Cl2N2/c1-8-3-10(17)6-11(4-8)18-14-7-12(15)9(2)5-13(14)16/h3-7,18H,17H2,1-2H3. The van der Waals surface area contributed by atoms with Gasteiger partial charge in [-0.25, -0.2) is 0 Å². The van der Waals surface area contributed by atoms with Gasteiger partial charge in [-0.3, -0.25) is 0 Å². The third-order valence-corrected chi connectivity index (χ3v) is 3.35. The third-order valence-electron chi connectivity index (χ3n) is 2.63. The number of nitrogens with two attached hydrogens (primary N) is 1. The van der Waals surface area contributed by atoms with Gasteiger partial charge in [0.05, 0.1) is 10.7 Å². The molecule has 0 aliphatic carbocycles. The van der Waals surface area contributed by atoms with Crippen molar-refractivity contribution in [1.29, 1.82) is 0 Å². The lowest BCUT2D eigenvalue weighted by Crippen LogP contribution is -1.95. The molecule has 0 amide bonds. The highest BCUT2D eigenvalue weighted by molar-refractivity contribution is 6.35. The molecule has 0 saturated carbocycles. The predicted molar refractivity (Wildman–Crippen MR) is 80.1 cm³/mol. The molecule has 94 valence electrons. The Bertz CT molecular complexity index is 574. The van der Waals surface area contributed by atoms with Crippen LogP contribution in [0.5, 0.6) is 0 Å². The van der Waals surface area contributed by atoms with E-state index < -0.39 is 0 Å². The summed E-state index contributed by atoms with van der Waals surface area (Å²) in [4.78, 5) is 0. The Morgan fingerprint density at radius 3 is 2.33 bits per heavy atom. The van der Waals surface area contributed by atoms with Crippen LogP contribution in [0.4, 0.5) is 17.1 Å². The molecule has 2 nitrogen and oxygen atoms in total. The van der Waals surface area contributed by atoms with Gasteiger partial charge < -0.3 is 11.1 Å². The molecule has 3 N–H and O–H groups in total. The molecule has 0 bridgehead atoms. The van der Waals surface area contributed by atoms with E-state index in [4.69, 9.17) is 28.9 Å². The van der Waals surface area contributed by atoms with Gasteiger partial charge in [0.15, 0.2) is 0 Å². The number of aryl methyl sites for hydroxylation is 2. The summed E-state index contributed by atoms with van der Waals surface area (Å²) in [5, 5.41) is 4.54. The fourth-order valence-electron chi connectivity index (χ4n) is 1.78. The molecule has 0 heterocycles. The second-order valence-electron chi connectivity index (χ2n) is 4.34. The summed E-state index contributed by atoms with van der Waals surface area (Å²) in [7, 11) is 0. The summed E-state index contributed by atoms with van der Waals surface area (Å²) in [6.45, 7) is 3.91. The van der Waals surface area contributed by atoms with Gasteiger partial charge in [-0.05, 0) is 55.3 Å². The minimum absolute atomic E-state index is 0.636. The monoisotopic (exact) mass is 280 g/mol. The van der Waals surface area contributed by atoms with E-state index in [-0.39, 0.29) is 0 Å². The molecule has 18 heavy (non-hydrogen) atoms. The first-order chi connectivity index (χ1) is 8.45. The number of nitrogens with one attached hydrogen (secondary N) is 1. The third kappa shape index (κ3) is 2.89. The first kappa shape index (κ1) is 13.1. The van der Waals surface area contributed by atoms with Crippen molar-refractivity contribution in [3.8, 4) is 0 Å². The van der Waals surface area contributed by atoms with E-state index in [0.717, 1.165) is 22.5 Å². The van der Waals surface area contributed by atoms with Gasteiger partial charge in [0, 0.05) is 16.4 Å². The minimum Gasteiger partial charge on any atom is -0.399 e. The summed E-state index contributed by atoms with van der Waals surface area (Å²) < 4.78 is 0. The Kier molecular flexibility index (Phi) is 3.69. The van der Waals surface area contributed by atoms with Gasteiger partial charge in [0.25, 0.3) is 0 Å². The molecule has 4 heteroatoms. The largest absolute Gasteiger partial charge is 0.399 e. The fourth-order valence-corrected chi connectivity index (χ4v) is 2.21. The Morgan fingerprint density at radius 2 is 1.67 bits per heavy atom. The molecule has 2 rings (SSSR count). The highest BCUT2D eigenvalue weighted by Crippen LogP contribution is 2.31. The molecule has 2 aromatic carbocycles. The minimum atomic E-state index is 0.636. The van der Waals surface area contributed by atoms with E-state index in [9.17, 15) is 0 Å². The van der Waals surface area contributed by atoms with Gasteiger partial charge in [-0.15, -0.1) is 0 Å². The maximum atomic E-state index is 6.18. The first-order valence-corrected chi connectivity index (χ1v) is 6.31. The van der Waals surface area contributed by atoms with Crippen LogP contribution in [0.1, 0.15) is 11.1 Å². The second-order valence-corrected chi connectivity index (χ2v) is 5.15. The molecule has 0 atom stereocenters. The Balaban J connectivity index is 2.36. The molecule has 0 aliphatic rings. The number of hydrogen-bond acceptors (Lipinski definition) is 2. The van der Waals surface area contributed by atoms with E-state index in [2.05, 4.69) is 5.32 Å². The molecule has 0 unspecified atom stereocenters. The fraction of sp³-hybridized carbons (Fsp3) is 0.143. The number of nitrogen functional groups attached to an aromatic ring is 1. The highest BCUT2D eigenvalue weighted by Gasteiger charge is 2.05. The maximum Gasteiger partial charge on any atom is 0.0644 e. The zero-order chi connectivity index (χ0) is 13.3. The van der Waals surface area contributed by atoms with E-state index in [1.165, 1.54) is 0 Å². The van der Waals surface area contributed by atoms with Crippen LogP contribution in [0.15, 0.2) is 30.3 Å². The van der Waals surface area contributed by atoms with Crippen LogP contribution in [0.25, 0.3) is 0 Å². The van der Waals surface area contributed by atoms with Crippen molar-refractivity contribution >= 4 is 40.3 Å². The average molecular weight is 281 g/mol. The van der Waals surface area contributed by atoms with E-state index in [1.807, 2.05) is 44.2 Å². The highest BCUT2D eigenvalue weighted by atomic mass is 35.5. The zero-order valence-corrected chi connectivity index (χ0v) is 11.7. The Hall–Kier alpha value is -1.38. The van der Waals surface area contributed by atoms with Crippen LogP contribution < -0.4 is 11.1 Å². The second kappa shape index (κ2) is 5.09. The van der Waals surface area contributed by atoms with Gasteiger partial charge in [-0.1, -0.05) is 23.2 Å². The first-order valence-electron chi connectivity index (χ1n) is 5.55. The Morgan fingerprint density at radius 1 is 0.944 bits per heavy atom. The summed E-state index contributed by atoms with van der Waals surface area (Å²) in [6.07, 6.45) is 0. The normalized spacial score (nSPS) is 10.4. The van der Waals surface area contributed by atoms with Crippen molar-refractivity contribution in [1.82, 2.24) is 0 Å². The summed E-state index contributed by atoms with van der Waals surface area (Å²) in [6, 6.07) is 9.43. The average Bonchev–Trinajstić information content (AvgIpc) is 2.24. The van der Waals surface area contributed by atoms with Crippen molar-refractivity contribution < 1.29 is 0 Å². The topological polar surface area (TPSA) is 38.0 Å². The van der Waals surface area contributed by atoms with E-state index >= 15 is 0 Å². The predicted octanol–water partition coefficient (Wildman–Crippen LogP) is 4.94. The number of benzene rings is 2. The summed E-state index contributed by atoms with van der Waals surface area (Å²) in [5.41, 5.74) is 10.2. The van der Waals surface area contributed by atoms with E-state index in [1.54, 1.807) is 0 Å². The number of rotatable bonds is 2. The number of anilines is 3. The van der Waals surface area contributed by atoms with Crippen LogP contribution in [-0.2, 0) is 0 Å². The van der Waals surface area contributed by atoms with Crippen molar-refractivity contribution in [2.75, 3.05) is 11.1 Å². The van der Waals surface area contributed by atoms with Gasteiger partial charge in [0.1, 0.15) is 0 Å². The molecule has 0 radical (unpaired) electrons. The van der Waals surface area contributed by atoms with Gasteiger partial charge >= 0.3 is 0 Å². The molecular formula is C14H14Cl2N2. The van der Waals surface area contributed by atoms with Crippen molar-refractivity contribution in [3.63, 3.8) is 0 Å². The van der Waals surface area contributed by atoms with Crippen LogP contribution in [0.3, 0.4) is 0 Å². The molecule has 0 fully saturated rings. The number of halogens is 2. The van der Waals surface area contributed by atoms with Gasteiger partial charge in [-0.2, -0.15) is 0 Å². The molecule has 0 spiro atoms. The van der Waals surface area contributed by atoms with Crippen LogP contribution >= 0.6 is 23.2 Å². The maximum absolute atomic E-state index is 6.18. The molecule has 0 aromatic heterocycles. The number of hydrogen-bond donors (Lipinski definition) is 2. The van der Waals surface area contributed by atoms with E-state index in [0.29, 0.717) is 15.7 Å². The van der Waals surface area contributed by atoms with Gasteiger partial charge in [0.2, 0.25) is 0 Å². The zero-order valence-electron chi connectivity index (χ0n) is 10.2. The quantitative estimate of drug-likeness (QED) is 0.765.